The number of hydrogen-bond donors (Lipinski definition) is 5. The fourth-order valence-electron chi connectivity index (χ4n) is 7.53. The van der Waals surface area contributed by atoms with Crippen LogP contribution in [0.15, 0.2) is 24.0 Å². The number of unbranched alkanes of at least 4 members (excludes halogenated alkanes) is 1. The fraction of sp³-hybridized carbons (Fsp3) is 0.625. The van der Waals surface area contributed by atoms with E-state index in [1.54, 1.807) is 6.08 Å². The third-order valence-corrected chi connectivity index (χ3v) is 9.82. The van der Waals surface area contributed by atoms with Crippen LogP contribution in [0.1, 0.15) is 69.6 Å². The van der Waals surface area contributed by atoms with Gasteiger partial charge in [0.05, 0.1) is 17.6 Å². The van der Waals surface area contributed by atoms with Gasteiger partial charge in [-0.1, -0.05) is 12.1 Å². The number of carbonyl (C=O) groups is 4. The van der Waals surface area contributed by atoms with Crippen molar-refractivity contribution in [1.29, 1.82) is 0 Å². The molecule has 6 N–H and O–H groups in total. The van der Waals surface area contributed by atoms with Crippen molar-refractivity contribution in [2.24, 2.45) is 5.73 Å². The van der Waals surface area contributed by atoms with Crippen LogP contribution in [-0.4, -0.2) is 94.9 Å². The van der Waals surface area contributed by atoms with Gasteiger partial charge in [-0.05, 0) is 77.7 Å². The zero-order valence-electron chi connectivity index (χ0n) is 26.3. The SMILES string of the molecule is CC(=O)N[C@@H](CCCCN)C(=O)N[C@@H](C)C(=O)O[C@@H](C)C(=O)OC1=CC[C@@]2(O)[C@H]3Cc4ccc(CO)c5c4[C@@]2(CCN3C)[C@H]1O5. The number of nitrogens with two attached hydrogens (primary N) is 1. The summed E-state index contributed by atoms with van der Waals surface area (Å²) in [6, 6.07) is 1.68. The van der Waals surface area contributed by atoms with E-state index >= 15 is 0 Å². The average molecular weight is 629 g/mol. The molecule has 5 rings (SSSR count). The number of nitrogens with one attached hydrogen (secondary N) is 2. The molecule has 1 fully saturated rings. The van der Waals surface area contributed by atoms with Crippen molar-refractivity contribution >= 4 is 23.8 Å². The molecule has 7 atom stereocenters. The monoisotopic (exact) mass is 628 g/mol. The Hall–Kier alpha value is -3.52. The molecule has 13 nitrogen and oxygen atoms in total. The molecule has 0 aromatic heterocycles. The zero-order valence-corrected chi connectivity index (χ0v) is 26.3. The average Bonchev–Trinajstić information content (AvgIpc) is 3.35. The van der Waals surface area contributed by atoms with Crippen LogP contribution in [0.3, 0.4) is 0 Å². The summed E-state index contributed by atoms with van der Waals surface area (Å²) in [5, 5.41) is 27.5. The van der Waals surface area contributed by atoms with Gasteiger partial charge >= 0.3 is 11.9 Å². The van der Waals surface area contributed by atoms with Gasteiger partial charge in [0.15, 0.2) is 12.2 Å². The van der Waals surface area contributed by atoms with Crippen molar-refractivity contribution in [1.82, 2.24) is 15.5 Å². The Labute approximate surface area is 262 Å². The number of esters is 2. The fourth-order valence-corrected chi connectivity index (χ4v) is 7.53. The summed E-state index contributed by atoms with van der Waals surface area (Å²) in [5.41, 5.74) is 5.98. The number of hydrogen-bond acceptors (Lipinski definition) is 11. The molecule has 1 spiro atoms. The highest BCUT2D eigenvalue weighted by atomic mass is 16.6. The van der Waals surface area contributed by atoms with Crippen molar-refractivity contribution in [2.45, 2.75) is 107 Å². The number of aliphatic hydroxyl groups excluding tert-OH is 1. The molecule has 0 unspecified atom stereocenters. The summed E-state index contributed by atoms with van der Waals surface area (Å²) in [4.78, 5) is 52.6. The molecule has 1 aromatic carbocycles. The Morgan fingerprint density at radius 2 is 1.93 bits per heavy atom. The lowest BCUT2D eigenvalue weighted by Gasteiger charge is -2.61. The van der Waals surface area contributed by atoms with E-state index < -0.39 is 53.2 Å². The molecule has 2 amide bonds. The van der Waals surface area contributed by atoms with Crippen molar-refractivity contribution in [2.75, 3.05) is 20.1 Å². The van der Waals surface area contributed by atoms with E-state index in [9.17, 15) is 29.4 Å². The number of likely N-dealkylation sites (N-methyl/N-ethyl adjacent to an activating group) is 1. The molecule has 1 saturated heterocycles. The smallest absolute Gasteiger partial charge is 0.352 e. The van der Waals surface area contributed by atoms with Crippen molar-refractivity contribution in [3.8, 4) is 5.75 Å². The first-order valence-electron chi connectivity index (χ1n) is 15.6. The summed E-state index contributed by atoms with van der Waals surface area (Å²) in [6.07, 6.45) is 2.58. The van der Waals surface area contributed by atoms with Gasteiger partial charge in [0, 0.05) is 30.5 Å². The Morgan fingerprint density at radius 3 is 2.62 bits per heavy atom. The lowest BCUT2D eigenvalue weighted by molar-refractivity contribution is -0.176. The second-order valence-corrected chi connectivity index (χ2v) is 12.7. The summed E-state index contributed by atoms with van der Waals surface area (Å²) in [6.45, 7) is 5.00. The van der Waals surface area contributed by atoms with Crippen LogP contribution in [0.2, 0.25) is 0 Å². The quantitative estimate of drug-likeness (QED) is 0.156. The number of rotatable bonds is 12. The lowest BCUT2D eigenvalue weighted by Crippen LogP contribution is -2.74. The lowest BCUT2D eigenvalue weighted by atomic mass is 9.50. The molecule has 1 aromatic rings. The summed E-state index contributed by atoms with van der Waals surface area (Å²) >= 11 is 0. The summed E-state index contributed by atoms with van der Waals surface area (Å²) < 4.78 is 17.7. The van der Waals surface area contributed by atoms with Crippen LogP contribution in [0.4, 0.5) is 0 Å². The van der Waals surface area contributed by atoms with Gasteiger partial charge in [0.25, 0.3) is 0 Å². The molecule has 0 radical (unpaired) electrons. The summed E-state index contributed by atoms with van der Waals surface area (Å²) in [5.74, 6) is -1.88. The van der Waals surface area contributed by atoms with E-state index in [1.165, 1.54) is 20.8 Å². The Morgan fingerprint density at radius 1 is 1.18 bits per heavy atom. The van der Waals surface area contributed by atoms with Crippen LogP contribution in [-0.2, 0) is 47.1 Å². The van der Waals surface area contributed by atoms with Gasteiger partial charge < -0.3 is 45.7 Å². The molecule has 246 valence electrons. The first kappa shape index (κ1) is 32.9. The number of piperidine rings is 1. The number of ether oxygens (including phenoxy) is 3. The van der Waals surface area contributed by atoms with Crippen LogP contribution < -0.4 is 21.1 Å². The molecule has 0 saturated carbocycles. The Kier molecular flexibility index (Phi) is 9.28. The van der Waals surface area contributed by atoms with Crippen molar-refractivity contribution < 1.29 is 43.6 Å². The second kappa shape index (κ2) is 12.7. The third-order valence-electron chi connectivity index (χ3n) is 9.82. The molecule has 45 heavy (non-hydrogen) atoms. The van der Waals surface area contributed by atoms with Gasteiger partial charge in [-0.15, -0.1) is 0 Å². The molecule has 2 aliphatic heterocycles. The maximum atomic E-state index is 13.3. The predicted molar refractivity (Wildman–Crippen MR) is 161 cm³/mol. The molecule has 13 heteroatoms. The maximum Gasteiger partial charge on any atom is 0.352 e. The van der Waals surface area contributed by atoms with Crippen LogP contribution >= 0.6 is 0 Å². The van der Waals surface area contributed by atoms with E-state index in [2.05, 4.69) is 15.5 Å². The van der Waals surface area contributed by atoms with E-state index in [4.69, 9.17) is 19.9 Å². The number of carbonyl (C=O) groups excluding carboxylic acids is 4. The van der Waals surface area contributed by atoms with Crippen LogP contribution in [0.5, 0.6) is 5.75 Å². The first-order chi connectivity index (χ1) is 21.4. The Balaban J connectivity index is 1.28. The van der Waals surface area contributed by atoms with Gasteiger partial charge in [-0.3, -0.25) is 9.59 Å². The van der Waals surface area contributed by atoms with Crippen LogP contribution in [0, 0.1) is 0 Å². The van der Waals surface area contributed by atoms with E-state index in [0.29, 0.717) is 56.5 Å². The number of amides is 2. The normalized spacial score (nSPS) is 28.0. The minimum Gasteiger partial charge on any atom is -0.481 e. The largest absolute Gasteiger partial charge is 0.481 e. The molecular formula is C32H44N4O9. The molecule has 2 aliphatic carbocycles. The van der Waals surface area contributed by atoms with E-state index in [0.717, 1.165) is 11.1 Å². The van der Waals surface area contributed by atoms with Crippen molar-refractivity contribution in [3.05, 3.63) is 40.7 Å². The van der Waals surface area contributed by atoms with Gasteiger partial charge in [0.1, 0.15) is 23.6 Å². The second-order valence-electron chi connectivity index (χ2n) is 12.7. The van der Waals surface area contributed by atoms with Crippen LogP contribution in [0.25, 0.3) is 0 Å². The van der Waals surface area contributed by atoms with Crippen molar-refractivity contribution in [3.63, 3.8) is 0 Å². The van der Waals surface area contributed by atoms with E-state index in [-0.39, 0.29) is 30.7 Å². The number of benzene rings is 1. The first-order valence-corrected chi connectivity index (χ1v) is 15.6. The molecular weight excluding hydrogens is 584 g/mol. The van der Waals surface area contributed by atoms with Gasteiger partial charge in [-0.2, -0.15) is 0 Å². The van der Waals surface area contributed by atoms with E-state index in [1.807, 2.05) is 19.2 Å². The topological polar surface area (TPSA) is 190 Å². The zero-order chi connectivity index (χ0) is 32.7. The number of aliphatic hydroxyl groups is 2. The predicted octanol–water partition coefficient (Wildman–Crippen LogP) is 0.0699. The van der Waals surface area contributed by atoms with Gasteiger partial charge in [-0.25, -0.2) is 9.59 Å². The standard InChI is InChI=1S/C32H44N4O9/c1-17(34-28(39)22(35-19(3)38)7-5-6-13-33)29(40)43-18(2)30(41)44-23-10-11-32(42)24-15-20-8-9-21(16-37)26-25(20)31(32,27(23)45-26)12-14-36(24)4/h8-10,17-18,22,24,27,37,42H,5-7,11-16,33H2,1-4H3,(H,34,39)(H,35,38)/t17-,18-,22-,24+,27-,31-,32+/m0/s1. The maximum absolute atomic E-state index is 13.3. The number of likely N-dealkylation sites (tertiary alicyclic amines) is 1. The minimum absolute atomic E-state index is 0.174. The highest BCUT2D eigenvalue weighted by molar-refractivity contribution is 5.90. The minimum atomic E-state index is -1.32. The highest BCUT2D eigenvalue weighted by Crippen LogP contribution is 2.64. The molecule has 4 aliphatic rings. The third kappa shape index (κ3) is 5.60. The Bertz CT molecular complexity index is 1400. The highest BCUT2D eigenvalue weighted by Gasteiger charge is 2.72. The molecule has 2 heterocycles. The molecule has 2 bridgehead atoms. The summed E-state index contributed by atoms with van der Waals surface area (Å²) in [7, 11) is 1.99. The van der Waals surface area contributed by atoms with Gasteiger partial charge in [0.2, 0.25) is 11.8 Å². The number of nitrogens with zero attached hydrogens (tertiary/aromatic N) is 1.